The van der Waals surface area contributed by atoms with E-state index in [9.17, 15) is 4.79 Å². The van der Waals surface area contributed by atoms with Crippen LogP contribution in [0.3, 0.4) is 0 Å². The summed E-state index contributed by atoms with van der Waals surface area (Å²) in [5.41, 5.74) is 5.51. The minimum atomic E-state index is 0.262. The molecule has 0 amide bonds. The molecule has 5 rings (SSSR count). The van der Waals surface area contributed by atoms with Crippen LogP contribution in [0.25, 0.3) is 33.3 Å². The zero-order valence-corrected chi connectivity index (χ0v) is 17.6. The molecule has 0 atom stereocenters. The van der Waals surface area contributed by atoms with Crippen molar-refractivity contribution in [1.82, 2.24) is 14.5 Å². The number of carbonyl (C=O) groups excluding carboxylic acids is 1. The number of hydrogen-bond donors (Lipinski definition) is 0. The van der Waals surface area contributed by atoms with Crippen molar-refractivity contribution in [2.75, 3.05) is 19.6 Å². The number of aromatic nitrogens is 2. The van der Waals surface area contributed by atoms with Gasteiger partial charge in [0.25, 0.3) is 0 Å². The summed E-state index contributed by atoms with van der Waals surface area (Å²) in [5, 5.41) is 2.42. The maximum Gasteiger partial charge on any atom is 0.225 e. The van der Waals surface area contributed by atoms with E-state index in [0.717, 1.165) is 50.1 Å². The van der Waals surface area contributed by atoms with Gasteiger partial charge in [-0.15, -0.1) is 0 Å². The quantitative estimate of drug-likeness (QED) is 0.421. The summed E-state index contributed by atoms with van der Waals surface area (Å²) in [6, 6.07) is 10.6. The zero-order chi connectivity index (χ0) is 20.7. The third-order valence-corrected chi connectivity index (χ3v) is 6.47. The van der Waals surface area contributed by atoms with Gasteiger partial charge in [0, 0.05) is 45.9 Å². The van der Waals surface area contributed by atoms with Crippen LogP contribution in [0.4, 0.5) is 0 Å². The van der Waals surface area contributed by atoms with E-state index in [1.54, 1.807) is 12.5 Å². The molecule has 0 bridgehead atoms. The number of Topliss-reactive ketones (excluding diaryl/α,β-unsaturated/α-hetero) is 1. The van der Waals surface area contributed by atoms with E-state index in [4.69, 9.17) is 4.42 Å². The van der Waals surface area contributed by atoms with E-state index in [-0.39, 0.29) is 5.78 Å². The normalized spacial score (nSPS) is 13.8. The van der Waals surface area contributed by atoms with E-state index < -0.39 is 0 Å². The van der Waals surface area contributed by atoms with E-state index in [1.165, 1.54) is 27.4 Å². The average molecular weight is 402 g/mol. The van der Waals surface area contributed by atoms with Gasteiger partial charge < -0.3 is 13.9 Å². The van der Waals surface area contributed by atoms with Crippen molar-refractivity contribution >= 4 is 27.6 Å². The minimum absolute atomic E-state index is 0.262. The second-order valence-electron chi connectivity index (χ2n) is 8.01. The van der Waals surface area contributed by atoms with Gasteiger partial charge in [0.2, 0.25) is 5.89 Å². The van der Waals surface area contributed by atoms with Crippen molar-refractivity contribution in [3.05, 3.63) is 53.9 Å². The van der Waals surface area contributed by atoms with Crippen LogP contribution in [-0.4, -0.2) is 39.9 Å². The first kappa shape index (κ1) is 19.1. The molecule has 0 spiro atoms. The Morgan fingerprint density at radius 2 is 1.93 bits per heavy atom. The van der Waals surface area contributed by atoms with Crippen LogP contribution in [0.5, 0.6) is 0 Å². The van der Waals surface area contributed by atoms with Crippen molar-refractivity contribution < 1.29 is 9.21 Å². The molecule has 1 aliphatic carbocycles. The monoisotopic (exact) mass is 401 g/mol. The largest absolute Gasteiger partial charge is 0.445 e. The molecule has 0 saturated carbocycles. The van der Waals surface area contributed by atoms with E-state index in [1.807, 2.05) is 6.07 Å². The zero-order valence-electron chi connectivity index (χ0n) is 17.6. The Labute approximate surface area is 176 Å². The molecule has 4 aromatic rings. The van der Waals surface area contributed by atoms with Gasteiger partial charge in [-0.3, -0.25) is 4.79 Å². The van der Waals surface area contributed by atoms with Gasteiger partial charge in [-0.1, -0.05) is 13.8 Å². The Morgan fingerprint density at radius 1 is 1.10 bits per heavy atom. The summed E-state index contributed by atoms with van der Waals surface area (Å²) in [5.74, 6) is 0.890. The fourth-order valence-electron chi connectivity index (χ4n) is 4.89. The summed E-state index contributed by atoms with van der Waals surface area (Å²) in [7, 11) is 0. The predicted octanol–water partition coefficient (Wildman–Crippen LogP) is 5.31. The molecule has 5 heteroatoms. The maximum absolute atomic E-state index is 12.4. The third-order valence-electron chi connectivity index (χ3n) is 6.47. The van der Waals surface area contributed by atoms with Crippen LogP contribution in [0.15, 0.2) is 47.2 Å². The lowest BCUT2D eigenvalue weighted by molar-refractivity contribution is 0.0994. The van der Waals surface area contributed by atoms with E-state index in [0.29, 0.717) is 12.3 Å². The number of aryl methyl sites for hydroxylation is 2. The smallest absolute Gasteiger partial charge is 0.225 e. The summed E-state index contributed by atoms with van der Waals surface area (Å²) < 4.78 is 7.96. The summed E-state index contributed by atoms with van der Waals surface area (Å²) in [6.45, 7) is 8.65. The molecule has 30 heavy (non-hydrogen) atoms. The highest BCUT2D eigenvalue weighted by molar-refractivity contribution is 6.15. The molecule has 2 heterocycles. The molecule has 0 radical (unpaired) electrons. The van der Waals surface area contributed by atoms with Gasteiger partial charge in [0.1, 0.15) is 6.26 Å². The van der Waals surface area contributed by atoms with Crippen molar-refractivity contribution in [2.45, 2.75) is 39.7 Å². The number of hydrogen-bond acceptors (Lipinski definition) is 4. The van der Waals surface area contributed by atoms with Gasteiger partial charge in [-0.25, -0.2) is 4.98 Å². The Bertz CT molecular complexity index is 1220. The number of oxazole rings is 1. The SMILES string of the molecule is CCN(CC)CCCn1c2ccc(-c3ncco3)cc2c2c3c(ccc21)C(=O)CC3. The van der Waals surface area contributed by atoms with E-state index >= 15 is 0 Å². The Kier molecular flexibility index (Phi) is 4.91. The molecule has 0 N–H and O–H groups in total. The Hall–Kier alpha value is -2.92. The van der Waals surface area contributed by atoms with Crippen LogP contribution >= 0.6 is 0 Å². The molecule has 5 nitrogen and oxygen atoms in total. The van der Waals surface area contributed by atoms with Crippen LogP contribution in [-0.2, 0) is 13.0 Å². The fraction of sp³-hybridized carbons (Fsp3) is 0.360. The highest BCUT2D eigenvalue weighted by Gasteiger charge is 2.25. The van der Waals surface area contributed by atoms with Gasteiger partial charge in [-0.2, -0.15) is 0 Å². The Morgan fingerprint density at radius 3 is 2.70 bits per heavy atom. The number of carbonyl (C=O) groups is 1. The van der Waals surface area contributed by atoms with Crippen LogP contribution in [0, 0.1) is 0 Å². The summed E-state index contributed by atoms with van der Waals surface area (Å²) >= 11 is 0. The molecular formula is C25H27N3O2. The summed E-state index contributed by atoms with van der Waals surface area (Å²) in [6.07, 6.45) is 5.81. The van der Waals surface area contributed by atoms with Crippen LogP contribution < -0.4 is 0 Å². The minimum Gasteiger partial charge on any atom is -0.445 e. The second kappa shape index (κ2) is 7.73. The third kappa shape index (κ3) is 3.05. The standard InChI is InChI=1S/C25H27N3O2/c1-3-27(4-2)13-5-14-28-21-9-6-17(25-26-12-15-30-25)16-20(21)24-19-8-11-23(29)18(19)7-10-22(24)28/h6-7,9-10,12,15-16H,3-5,8,11,13-14H2,1-2H3. The summed E-state index contributed by atoms with van der Waals surface area (Å²) in [4.78, 5) is 19.2. The van der Waals surface area contributed by atoms with Crippen molar-refractivity contribution in [2.24, 2.45) is 0 Å². The maximum atomic E-state index is 12.4. The average Bonchev–Trinajstić information content (AvgIpc) is 3.50. The van der Waals surface area contributed by atoms with Crippen molar-refractivity contribution in [3.63, 3.8) is 0 Å². The lowest BCUT2D eigenvalue weighted by Gasteiger charge is -2.18. The molecule has 0 saturated heterocycles. The molecule has 2 aromatic carbocycles. The number of fused-ring (bicyclic) bond motifs is 5. The molecular weight excluding hydrogens is 374 g/mol. The van der Waals surface area contributed by atoms with Crippen LogP contribution in [0.2, 0.25) is 0 Å². The highest BCUT2D eigenvalue weighted by atomic mass is 16.3. The van der Waals surface area contributed by atoms with Gasteiger partial charge >= 0.3 is 0 Å². The second-order valence-corrected chi connectivity index (χ2v) is 8.01. The number of rotatable bonds is 7. The molecule has 0 fully saturated rings. The van der Waals surface area contributed by atoms with Gasteiger partial charge in [0.05, 0.1) is 6.20 Å². The molecule has 0 aliphatic heterocycles. The van der Waals surface area contributed by atoms with E-state index in [2.05, 4.69) is 52.6 Å². The first-order valence-corrected chi connectivity index (χ1v) is 10.9. The Balaban J connectivity index is 1.66. The first-order valence-electron chi connectivity index (χ1n) is 10.9. The molecule has 0 unspecified atom stereocenters. The highest BCUT2D eigenvalue weighted by Crippen LogP contribution is 2.38. The fourth-order valence-corrected chi connectivity index (χ4v) is 4.89. The lowest BCUT2D eigenvalue weighted by Crippen LogP contribution is -2.24. The van der Waals surface area contributed by atoms with Gasteiger partial charge in [0.15, 0.2) is 5.78 Å². The predicted molar refractivity (Wildman–Crippen MR) is 120 cm³/mol. The molecule has 1 aliphatic rings. The molecule has 154 valence electrons. The number of ketones is 1. The number of nitrogens with zero attached hydrogens (tertiary/aromatic N) is 3. The number of benzene rings is 2. The first-order chi connectivity index (χ1) is 14.7. The lowest BCUT2D eigenvalue weighted by atomic mass is 10.0. The van der Waals surface area contributed by atoms with Crippen LogP contribution in [0.1, 0.15) is 42.6 Å². The molecule has 2 aromatic heterocycles. The van der Waals surface area contributed by atoms with Crippen molar-refractivity contribution in [3.8, 4) is 11.5 Å². The van der Waals surface area contributed by atoms with Crippen molar-refractivity contribution in [1.29, 1.82) is 0 Å². The topological polar surface area (TPSA) is 51.3 Å². The van der Waals surface area contributed by atoms with Gasteiger partial charge in [-0.05, 0) is 68.4 Å².